The maximum atomic E-state index is 12.2. The van der Waals surface area contributed by atoms with Gasteiger partial charge in [-0.05, 0) is 30.3 Å². The largest absolute Gasteiger partial charge is 0.463 e. The van der Waals surface area contributed by atoms with E-state index >= 15 is 0 Å². The van der Waals surface area contributed by atoms with E-state index in [2.05, 4.69) is 10.3 Å². The molecule has 3 rings (SSSR count). The van der Waals surface area contributed by atoms with E-state index in [0.29, 0.717) is 16.5 Å². The Balaban J connectivity index is 1.77. The van der Waals surface area contributed by atoms with Crippen LogP contribution in [0.15, 0.2) is 58.2 Å². The van der Waals surface area contributed by atoms with Gasteiger partial charge in [0.25, 0.3) is 5.56 Å². The number of nitrogens with one attached hydrogen (secondary N) is 1. The van der Waals surface area contributed by atoms with Crippen molar-refractivity contribution in [1.29, 1.82) is 5.26 Å². The highest BCUT2D eigenvalue weighted by atomic mass is 35.5. The van der Waals surface area contributed by atoms with Gasteiger partial charge >= 0.3 is 0 Å². The van der Waals surface area contributed by atoms with Crippen LogP contribution in [0.5, 0.6) is 0 Å². The summed E-state index contributed by atoms with van der Waals surface area (Å²) in [5.74, 6) is -0.0142. The molecule has 0 aliphatic carbocycles. The fraction of sp³-hybridized carbons (Fsp3) is 0.0588. The van der Waals surface area contributed by atoms with Crippen LogP contribution in [0, 0.1) is 11.3 Å². The third kappa shape index (κ3) is 3.76. The van der Waals surface area contributed by atoms with Gasteiger partial charge in [0.2, 0.25) is 5.91 Å². The van der Waals surface area contributed by atoms with E-state index in [-0.39, 0.29) is 17.8 Å². The topological polar surface area (TPSA) is 101 Å². The molecule has 25 heavy (non-hydrogen) atoms. The van der Waals surface area contributed by atoms with Crippen molar-refractivity contribution in [2.45, 2.75) is 6.54 Å². The van der Waals surface area contributed by atoms with Crippen molar-refractivity contribution >= 4 is 23.2 Å². The van der Waals surface area contributed by atoms with Gasteiger partial charge in [-0.3, -0.25) is 14.2 Å². The Morgan fingerprint density at radius 2 is 2.20 bits per heavy atom. The lowest BCUT2D eigenvalue weighted by molar-refractivity contribution is -0.116. The monoisotopic (exact) mass is 354 g/mol. The van der Waals surface area contributed by atoms with E-state index in [0.717, 1.165) is 4.57 Å². The lowest BCUT2D eigenvalue weighted by Gasteiger charge is -2.09. The number of hydrogen-bond acceptors (Lipinski definition) is 5. The summed E-state index contributed by atoms with van der Waals surface area (Å²) >= 11 is 5.87. The fourth-order valence-electron chi connectivity index (χ4n) is 2.17. The first kappa shape index (κ1) is 16.5. The molecule has 2 heterocycles. The summed E-state index contributed by atoms with van der Waals surface area (Å²) in [6.07, 6.45) is 2.75. The highest BCUT2D eigenvalue weighted by Crippen LogP contribution is 2.20. The SMILES string of the molecule is N#Cc1ccc(Cl)cc1NC(=O)Cn1cnc(-c2ccco2)cc1=O. The van der Waals surface area contributed by atoms with Crippen LogP contribution >= 0.6 is 11.6 Å². The molecule has 0 spiro atoms. The van der Waals surface area contributed by atoms with E-state index in [9.17, 15) is 9.59 Å². The van der Waals surface area contributed by atoms with Crippen LogP contribution in [0.4, 0.5) is 5.69 Å². The third-order valence-electron chi connectivity index (χ3n) is 3.34. The molecule has 1 aromatic carbocycles. The molecule has 2 aromatic heterocycles. The molecular weight excluding hydrogens is 344 g/mol. The van der Waals surface area contributed by atoms with Gasteiger partial charge in [-0.15, -0.1) is 0 Å². The van der Waals surface area contributed by atoms with Crippen LogP contribution in [0.1, 0.15) is 5.56 Å². The molecule has 0 aliphatic rings. The van der Waals surface area contributed by atoms with Gasteiger partial charge < -0.3 is 9.73 Å². The molecule has 0 saturated carbocycles. The van der Waals surface area contributed by atoms with Crippen molar-refractivity contribution < 1.29 is 9.21 Å². The van der Waals surface area contributed by atoms with Crippen LogP contribution in [-0.4, -0.2) is 15.5 Å². The second-order valence-corrected chi connectivity index (χ2v) is 5.50. The first-order valence-corrected chi connectivity index (χ1v) is 7.54. The van der Waals surface area contributed by atoms with Gasteiger partial charge in [0.15, 0.2) is 5.76 Å². The van der Waals surface area contributed by atoms with Gasteiger partial charge in [-0.1, -0.05) is 11.6 Å². The Bertz CT molecular complexity index is 1020. The van der Waals surface area contributed by atoms with Gasteiger partial charge in [-0.2, -0.15) is 5.26 Å². The normalized spacial score (nSPS) is 10.2. The molecule has 7 nitrogen and oxygen atoms in total. The van der Waals surface area contributed by atoms with Crippen molar-refractivity contribution in [2.75, 3.05) is 5.32 Å². The van der Waals surface area contributed by atoms with Crippen LogP contribution in [0.2, 0.25) is 5.02 Å². The molecule has 1 N–H and O–H groups in total. The minimum atomic E-state index is -0.478. The molecule has 0 bridgehead atoms. The number of carbonyl (C=O) groups is 1. The number of hydrogen-bond donors (Lipinski definition) is 1. The first-order chi connectivity index (χ1) is 12.1. The average molecular weight is 355 g/mol. The van der Waals surface area contributed by atoms with E-state index < -0.39 is 11.5 Å². The van der Waals surface area contributed by atoms with E-state index in [1.165, 1.54) is 30.8 Å². The number of rotatable bonds is 4. The number of benzene rings is 1. The maximum Gasteiger partial charge on any atom is 0.254 e. The lowest BCUT2D eigenvalue weighted by Crippen LogP contribution is -2.27. The van der Waals surface area contributed by atoms with Crippen LogP contribution in [-0.2, 0) is 11.3 Å². The molecule has 0 aliphatic heterocycles. The molecule has 3 aromatic rings. The first-order valence-electron chi connectivity index (χ1n) is 7.16. The number of nitrogens with zero attached hydrogens (tertiary/aromatic N) is 3. The molecule has 0 fully saturated rings. The summed E-state index contributed by atoms with van der Waals surface area (Å²) in [7, 11) is 0. The molecule has 0 unspecified atom stereocenters. The van der Waals surface area contributed by atoms with Gasteiger partial charge in [0, 0.05) is 11.1 Å². The summed E-state index contributed by atoms with van der Waals surface area (Å²) in [5.41, 5.74) is 0.543. The van der Waals surface area contributed by atoms with Crippen LogP contribution < -0.4 is 10.9 Å². The smallest absolute Gasteiger partial charge is 0.254 e. The molecule has 0 atom stereocenters. The second kappa shape index (κ2) is 7.03. The number of aromatic nitrogens is 2. The molecule has 0 radical (unpaired) electrons. The quantitative estimate of drug-likeness (QED) is 0.776. The van der Waals surface area contributed by atoms with Gasteiger partial charge in [0.05, 0.1) is 23.8 Å². The Hall–Kier alpha value is -3.37. The highest BCUT2D eigenvalue weighted by molar-refractivity contribution is 6.31. The molecular formula is C17H11ClN4O3. The minimum absolute atomic E-state index is 0.248. The molecule has 0 saturated heterocycles. The summed E-state index contributed by atoms with van der Waals surface area (Å²) < 4.78 is 6.33. The molecule has 124 valence electrons. The predicted molar refractivity (Wildman–Crippen MR) is 91.0 cm³/mol. The minimum Gasteiger partial charge on any atom is -0.463 e. The molecule has 8 heteroatoms. The zero-order valence-corrected chi connectivity index (χ0v) is 13.5. The van der Waals surface area contributed by atoms with Gasteiger partial charge in [0.1, 0.15) is 18.3 Å². The number of halogens is 1. The Morgan fingerprint density at radius 1 is 1.36 bits per heavy atom. The summed E-state index contributed by atoms with van der Waals surface area (Å²) in [4.78, 5) is 28.4. The summed E-state index contributed by atoms with van der Waals surface area (Å²) in [6.45, 7) is -0.248. The zero-order valence-electron chi connectivity index (χ0n) is 12.8. The zero-order chi connectivity index (χ0) is 17.8. The Morgan fingerprint density at radius 3 is 2.88 bits per heavy atom. The molecule has 1 amide bonds. The second-order valence-electron chi connectivity index (χ2n) is 5.07. The van der Waals surface area contributed by atoms with Gasteiger partial charge in [-0.25, -0.2) is 4.98 Å². The number of nitriles is 1. The number of furan rings is 1. The summed E-state index contributed by atoms with van der Waals surface area (Å²) in [6, 6.07) is 11.1. The highest BCUT2D eigenvalue weighted by Gasteiger charge is 2.11. The number of anilines is 1. The standard InChI is InChI=1S/C17H11ClN4O3/c18-12-4-3-11(8-19)13(6-12)21-16(23)9-22-10-20-14(7-17(22)24)15-2-1-5-25-15/h1-7,10H,9H2,(H,21,23). The van der Waals surface area contributed by atoms with Crippen molar-refractivity contribution in [2.24, 2.45) is 0 Å². The lowest BCUT2D eigenvalue weighted by atomic mass is 10.2. The van der Waals surface area contributed by atoms with E-state index in [4.69, 9.17) is 21.3 Å². The van der Waals surface area contributed by atoms with Crippen molar-refractivity contribution in [1.82, 2.24) is 9.55 Å². The Labute approximate surface area is 147 Å². The summed E-state index contributed by atoms with van der Waals surface area (Å²) in [5, 5.41) is 12.0. The van der Waals surface area contributed by atoms with Crippen molar-refractivity contribution in [3.63, 3.8) is 0 Å². The Kier molecular flexibility index (Phi) is 4.64. The van der Waals surface area contributed by atoms with E-state index in [1.54, 1.807) is 18.2 Å². The van der Waals surface area contributed by atoms with Crippen molar-refractivity contribution in [3.8, 4) is 17.5 Å². The third-order valence-corrected chi connectivity index (χ3v) is 3.58. The fourth-order valence-corrected chi connectivity index (χ4v) is 2.34. The maximum absolute atomic E-state index is 12.2. The van der Waals surface area contributed by atoms with Crippen molar-refractivity contribution in [3.05, 3.63) is 69.9 Å². The van der Waals surface area contributed by atoms with E-state index in [1.807, 2.05) is 6.07 Å². The average Bonchev–Trinajstić information content (AvgIpc) is 3.11. The van der Waals surface area contributed by atoms with Crippen LogP contribution in [0.25, 0.3) is 11.5 Å². The number of amides is 1. The van der Waals surface area contributed by atoms with Crippen LogP contribution in [0.3, 0.4) is 0 Å². The predicted octanol–water partition coefficient (Wildman–Crippen LogP) is 2.67. The number of carbonyl (C=O) groups excluding carboxylic acids is 1.